The Balaban J connectivity index is 2.14. The molecule has 0 aliphatic rings. The van der Waals surface area contributed by atoms with E-state index in [1.54, 1.807) is 6.26 Å². The van der Waals surface area contributed by atoms with Crippen molar-refractivity contribution in [3.05, 3.63) is 52.8 Å². The summed E-state index contributed by atoms with van der Waals surface area (Å²) in [5.41, 5.74) is 0.853. The number of benzene rings is 1. The number of esters is 1. The molecule has 0 aliphatic heterocycles. The fraction of sp³-hybridized carbons (Fsp3) is 0.316. The molecule has 0 saturated heterocycles. The summed E-state index contributed by atoms with van der Waals surface area (Å²) in [4.78, 5) is 44.7. The molecule has 8 nitrogen and oxygen atoms in total. The summed E-state index contributed by atoms with van der Waals surface area (Å²) in [6, 6.07) is 8.36. The summed E-state index contributed by atoms with van der Waals surface area (Å²) in [7, 11) is 1.27. The van der Waals surface area contributed by atoms with Crippen molar-refractivity contribution in [2.24, 2.45) is 0 Å². The molecule has 0 bridgehead atoms. The van der Waals surface area contributed by atoms with Crippen molar-refractivity contribution in [2.75, 3.05) is 19.9 Å². The number of rotatable bonds is 9. The molecule has 10 heteroatoms. The molecule has 2 N–H and O–H groups in total. The maximum absolute atomic E-state index is 12.7. The van der Waals surface area contributed by atoms with Crippen LogP contribution in [0.15, 0.2) is 41.7 Å². The first-order chi connectivity index (χ1) is 13.9. The second kappa shape index (κ2) is 11.4. The Morgan fingerprint density at radius 1 is 1.24 bits per heavy atom. The van der Waals surface area contributed by atoms with Gasteiger partial charge in [-0.05, 0) is 11.8 Å². The summed E-state index contributed by atoms with van der Waals surface area (Å²) in [5.74, 6) is -1.45. The second-order valence-electron chi connectivity index (χ2n) is 5.89. The van der Waals surface area contributed by atoms with Crippen molar-refractivity contribution >= 4 is 41.1 Å². The predicted molar refractivity (Wildman–Crippen MR) is 110 cm³/mol. The van der Waals surface area contributed by atoms with Crippen LogP contribution in [0.5, 0.6) is 0 Å². The van der Waals surface area contributed by atoms with Crippen LogP contribution < -0.4 is 10.6 Å². The van der Waals surface area contributed by atoms with E-state index in [4.69, 9.17) is 11.6 Å². The lowest BCUT2D eigenvalue weighted by molar-refractivity contribution is -0.140. The Morgan fingerprint density at radius 2 is 1.97 bits per heavy atom. The van der Waals surface area contributed by atoms with Crippen LogP contribution in [0.2, 0.25) is 5.02 Å². The van der Waals surface area contributed by atoms with E-state index in [-0.39, 0.29) is 30.1 Å². The van der Waals surface area contributed by atoms with E-state index in [1.807, 2.05) is 30.3 Å². The van der Waals surface area contributed by atoms with Gasteiger partial charge in [0.2, 0.25) is 5.91 Å². The molecule has 29 heavy (non-hydrogen) atoms. The van der Waals surface area contributed by atoms with Gasteiger partial charge in [-0.25, -0.2) is 9.97 Å². The lowest BCUT2D eigenvalue weighted by Crippen LogP contribution is -2.48. The highest BCUT2D eigenvalue weighted by Crippen LogP contribution is 2.17. The molecule has 0 fully saturated rings. The van der Waals surface area contributed by atoms with Crippen molar-refractivity contribution < 1.29 is 19.1 Å². The Kier molecular flexibility index (Phi) is 8.88. The standard InChI is InChI=1S/C19H21ClN4O4S/c1-28-15(25)8-9-21-17(26)14(10-12-6-4-3-5-7-12)23-18(27)16-13(20)11-22-19(24-16)29-2/h3-7,11,14H,8-10H2,1-2H3,(H,21,26)(H,23,27)/t14-/m1/s1. The topological polar surface area (TPSA) is 110 Å². The SMILES string of the molecule is COC(=O)CCNC(=O)[C@@H](Cc1ccccc1)NC(=O)c1nc(SC)ncc1Cl. The normalized spacial score (nSPS) is 11.4. The molecule has 0 spiro atoms. The summed E-state index contributed by atoms with van der Waals surface area (Å²) < 4.78 is 4.55. The third kappa shape index (κ3) is 7.03. The highest BCUT2D eigenvalue weighted by molar-refractivity contribution is 7.98. The van der Waals surface area contributed by atoms with Crippen molar-refractivity contribution in [3.63, 3.8) is 0 Å². The van der Waals surface area contributed by atoms with Crippen LogP contribution in [0, 0.1) is 0 Å². The second-order valence-corrected chi connectivity index (χ2v) is 7.07. The van der Waals surface area contributed by atoms with Crippen molar-refractivity contribution in [1.82, 2.24) is 20.6 Å². The number of carbonyl (C=O) groups excluding carboxylic acids is 3. The van der Waals surface area contributed by atoms with Crippen LogP contribution in [0.3, 0.4) is 0 Å². The number of thioether (sulfide) groups is 1. The van der Waals surface area contributed by atoms with E-state index in [1.165, 1.54) is 25.1 Å². The maximum Gasteiger partial charge on any atom is 0.307 e. The Bertz CT molecular complexity index is 867. The predicted octanol–water partition coefficient (Wildman–Crippen LogP) is 1.87. The van der Waals surface area contributed by atoms with Crippen LogP contribution in [0.4, 0.5) is 0 Å². The fourth-order valence-electron chi connectivity index (χ4n) is 2.41. The maximum atomic E-state index is 12.7. The fourth-order valence-corrected chi connectivity index (χ4v) is 2.92. The first-order valence-corrected chi connectivity index (χ1v) is 10.3. The summed E-state index contributed by atoms with van der Waals surface area (Å²) in [5, 5.41) is 5.79. The smallest absolute Gasteiger partial charge is 0.307 e. The number of amides is 2. The van der Waals surface area contributed by atoms with Gasteiger partial charge in [0.1, 0.15) is 6.04 Å². The number of hydrogen-bond donors (Lipinski definition) is 2. The summed E-state index contributed by atoms with van der Waals surface area (Å²) in [6.07, 6.45) is 3.41. The largest absolute Gasteiger partial charge is 0.469 e. The zero-order valence-corrected chi connectivity index (χ0v) is 17.5. The lowest BCUT2D eigenvalue weighted by atomic mass is 10.0. The molecule has 0 saturated carbocycles. The monoisotopic (exact) mass is 436 g/mol. The van der Waals surface area contributed by atoms with Gasteiger partial charge in [-0.15, -0.1) is 0 Å². The van der Waals surface area contributed by atoms with E-state index in [0.717, 1.165) is 5.56 Å². The minimum Gasteiger partial charge on any atom is -0.469 e. The number of ether oxygens (including phenoxy) is 1. The Labute approximate surface area is 177 Å². The number of hydrogen-bond acceptors (Lipinski definition) is 7. The first-order valence-electron chi connectivity index (χ1n) is 8.70. The summed E-state index contributed by atoms with van der Waals surface area (Å²) >= 11 is 7.33. The Hall–Kier alpha value is -2.65. The van der Waals surface area contributed by atoms with Gasteiger partial charge in [-0.3, -0.25) is 14.4 Å². The minimum atomic E-state index is -0.883. The van der Waals surface area contributed by atoms with Gasteiger partial charge in [-0.2, -0.15) is 0 Å². The quantitative estimate of drug-likeness (QED) is 0.350. The summed E-state index contributed by atoms with van der Waals surface area (Å²) in [6.45, 7) is 0.0948. The molecule has 1 aromatic carbocycles. The lowest BCUT2D eigenvalue weighted by Gasteiger charge is -2.19. The van der Waals surface area contributed by atoms with Gasteiger partial charge >= 0.3 is 5.97 Å². The molecule has 1 atom stereocenters. The third-order valence-electron chi connectivity index (χ3n) is 3.88. The number of halogens is 1. The first kappa shape index (κ1) is 22.6. The number of carbonyl (C=O) groups is 3. The minimum absolute atomic E-state index is 0.00793. The molecule has 154 valence electrons. The van der Waals surface area contributed by atoms with E-state index in [9.17, 15) is 14.4 Å². The van der Waals surface area contributed by atoms with Crippen LogP contribution in [0.25, 0.3) is 0 Å². The number of methoxy groups -OCH3 is 1. The molecular formula is C19H21ClN4O4S. The van der Waals surface area contributed by atoms with Gasteiger partial charge in [0.15, 0.2) is 10.9 Å². The molecule has 2 amide bonds. The average Bonchev–Trinajstić information content (AvgIpc) is 2.74. The highest BCUT2D eigenvalue weighted by atomic mass is 35.5. The van der Waals surface area contributed by atoms with Crippen LogP contribution in [-0.4, -0.2) is 53.7 Å². The van der Waals surface area contributed by atoms with Crippen LogP contribution in [-0.2, 0) is 20.7 Å². The molecule has 2 aromatic rings. The molecule has 1 aromatic heterocycles. The van der Waals surface area contributed by atoms with E-state index < -0.39 is 23.8 Å². The molecule has 0 aliphatic carbocycles. The molecule has 0 unspecified atom stereocenters. The van der Waals surface area contributed by atoms with Crippen LogP contribution in [0.1, 0.15) is 22.5 Å². The number of aromatic nitrogens is 2. The molecular weight excluding hydrogens is 416 g/mol. The molecule has 1 heterocycles. The van der Waals surface area contributed by atoms with Gasteiger partial charge in [-0.1, -0.05) is 53.7 Å². The molecule has 0 radical (unpaired) electrons. The van der Waals surface area contributed by atoms with E-state index in [2.05, 4.69) is 25.3 Å². The van der Waals surface area contributed by atoms with Gasteiger partial charge in [0.25, 0.3) is 5.91 Å². The number of nitrogens with zero attached hydrogens (tertiary/aromatic N) is 2. The van der Waals surface area contributed by atoms with Crippen molar-refractivity contribution in [2.45, 2.75) is 24.0 Å². The van der Waals surface area contributed by atoms with Crippen molar-refractivity contribution in [3.8, 4) is 0 Å². The van der Waals surface area contributed by atoms with Gasteiger partial charge in [0, 0.05) is 13.0 Å². The number of nitrogens with one attached hydrogen (secondary N) is 2. The average molecular weight is 437 g/mol. The van der Waals surface area contributed by atoms with E-state index >= 15 is 0 Å². The highest BCUT2D eigenvalue weighted by Gasteiger charge is 2.24. The van der Waals surface area contributed by atoms with Crippen molar-refractivity contribution in [1.29, 1.82) is 0 Å². The van der Waals surface area contributed by atoms with Gasteiger partial charge in [0.05, 0.1) is 24.8 Å². The zero-order valence-electron chi connectivity index (χ0n) is 16.0. The molecule has 2 rings (SSSR count). The zero-order chi connectivity index (χ0) is 21.2. The van der Waals surface area contributed by atoms with Crippen LogP contribution >= 0.6 is 23.4 Å². The Morgan fingerprint density at radius 3 is 2.62 bits per heavy atom. The van der Waals surface area contributed by atoms with E-state index in [0.29, 0.717) is 5.16 Å². The third-order valence-corrected chi connectivity index (χ3v) is 4.72. The van der Waals surface area contributed by atoms with Gasteiger partial charge < -0.3 is 15.4 Å².